The van der Waals surface area contributed by atoms with Crippen molar-refractivity contribution in [3.63, 3.8) is 0 Å². The molecule has 7 nitrogen and oxygen atoms in total. The summed E-state index contributed by atoms with van der Waals surface area (Å²) in [6, 6.07) is 11.8. The molecule has 9 heteroatoms. The summed E-state index contributed by atoms with van der Waals surface area (Å²) in [5.74, 6) is 1.39. The maximum absolute atomic E-state index is 13.2. The Morgan fingerprint density at radius 2 is 1.98 bits per heavy atom. The Kier molecular flexibility index (Phi) is 8.46. The molecule has 2 aliphatic heterocycles. The number of hydrogen-bond acceptors (Lipinski definition) is 6. The van der Waals surface area contributed by atoms with Crippen molar-refractivity contribution in [2.45, 2.75) is 56.1 Å². The molecule has 41 heavy (non-hydrogen) atoms. The molecule has 220 valence electrons. The maximum atomic E-state index is 13.2. The Balaban J connectivity index is 1.42. The number of hydrogen-bond donors (Lipinski definition) is 1. The van der Waals surface area contributed by atoms with Gasteiger partial charge in [0.15, 0.2) is 0 Å². The van der Waals surface area contributed by atoms with Crippen LogP contribution >= 0.6 is 11.6 Å². The van der Waals surface area contributed by atoms with Crippen molar-refractivity contribution in [1.82, 2.24) is 0 Å². The van der Waals surface area contributed by atoms with Gasteiger partial charge in [0.1, 0.15) is 5.75 Å². The predicted octanol–water partition coefficient (Wildman–Crippen LogP) is 5.63. The third-order valence-corrected chi connectivity index (χ3v) is 10.8. The summed E-state index contributed by atoms with van der Waals surface area (Å²) in [7, 11) is 1.36. The van der Waals surface area contributed by atoms with Gasteiger partial charge in [0.2, 0.25) is 0 Å². The Hall–Kier alpha value is -2.39. The van der Waals surface area contributed by atoms with E-state index >= 15 is 0 Å². The van der Waals surface area contributed by atoms with E-state index in [1.165, 1.54) is 11.1 Å². The second-order valence-electron chi connectivity index (χ2n) is 11.9. The van der Waals surface area contributed by atoms with E-state index in [4.69, 9.17) is 25.8 Å². The molecule has 0 radical (unpaired) electrons. The van der Waals surface area contributed by atoms with Crippen LogP contribution in [0.5, 0.6) is 5.75 Å². The number of carbonyl (C=O) groups is 1. The number of aryl methyl sites for hydroxylation is 1. The van der Waals surface area contributed by atoms with Gasteiger partial charge in [-0.3, -0.25) is 9.00 Å². The minimum atomic E-state index is -2.06. The first kappa shape index (κ1) is 28.7. The van der Waals surface area contributed by atoms with Gasteiger partial charge in [-0.15, -0.1) is 0 Å². The molecule has 1 amide bonds. The second-order valence-corrected chi connectivity index (χ2v) is 13.7. The second kappa shape index (κ2) is 12.1. The van der Waals surface area contributed by atoms with E-state index in [1.807, 2.05) is 24.3 Å². The Morgan fingerprint density at radius 1 is 1.10 bits per heavy atom. The first-order chi connectivity index (χ1) is 19.9. The molecular weight excluding hydrogens is 560 g/mol. The number of anilines is 1. The molecule has 0 saturated heterocycles. The van der Waals surface area contributed by atoms with Crippen molar-refractivity contribution in [2.75, 3.05) is 44.6 Å². The Labute approximate surface area is 249 Å². The topological polar surface area (TPSA) is 77.4 Å². The molecule has 0 N–H and O–H groups in total. The number of carbonyl (C=O) groups excluding carboxylic acids is 1. The highest BCUT2D eigenvalue weighted by Gasteiger charge is 2.44. The lowest BCUT2D eigenvalue weighted by Crippen LogP contribution is -2.49. The highest BCUT2D eigenvalue weighted by Crippen LogP contribution is 2.47. The van der Waals surface area contributed by atoms with Crippen molar-refractivity contribution >= 4 is 33.8 Å². The standard InChI is InChI=1S/C32H39ClN2O5S/c1-38-25-8-12-29(39-2)26-9-5-23(26)18-35-19-32(14-3-4-21-16-24(33)7-10-27(21)32)20-40-30-11-6-22(17-28(30)35)31(36)34-41(37)15-13-25/h6-8,10-12,16-17,23,25-26,29,41H,3-5,9,13-15,18-20H2,1-2H3/b12-8+/t23-,25-,26+,29-,32-/m0/s1. The first-order valence-corrected chi connectivity index (χ1v) is 16.4. The molecule has 6 atom stereocenters. The molecule has 0 aromatic heterocycles. The first-order valence-electron chi connectivity index (χ1n) is 14.6. The van der Waals surface area contributed by atoms with Gasteiger partial charge in [-0.1, -0.05) is 29.8 Å². The third kappa shape index (κ3) is 5.81. The summed E-state index contributed by atoms with van der Waals surface area (Å²) < 4.78 is 35.0. The average molecular weight is 599 g/mol. The molecule has 1 saturated carbocycles. The van der Waals surface area contributed by atoms with E-state index in [0.29, 0.717) is 30.4 Å². The number of ether oxygens (including phenoxy) is 3. The number of benzene rings is 2. The quantitative estimate of drug-likeness (QED) is 0.356. The van der Waals surface area contributed by atoms with Gasteiger partial charge in [-0.2, -0.15) is 4.36 Å². The van der Waals surface area contributed by atoms with Crippen molar-refractivity contribution < 1.29 is 23.2 Å². The smallest absolute Gasteiger partial charge is 0.284 e. The fourth-order valence-electron chi connectivity index (χ4n) is 7.15. The van der Waals surface area contributed by atoms with E-state index in [2.05, 4.69) is 27.5 Å². The van der Waals surface area contributed by atoms with Crippen LogP contribution < -0.4 is 9.64 Å². The number of rotatable bonds is 2. The summed E-state index contributed by atoms with van der Waals surface area (Å²) in [6.07, 6.45) is 9.71. The van der Waals surface area contributed by atoms with Crippen molar-refractivity contribution in [2.24, 2.45) is 16.2 Å². The van der Waals surface area contributed by atoms with Crippen LogP contribution in [0.1, 0.15) is 53.6 Å². The van der Waals surface area contributed by atoms with Crippen molar-refractivity contribution in [3.8, 4) is 5.75 Å². The van der Waals surface area contributed by atoms with Crippen LogP contribution in [0.4, 0.5) is 5.69 Å². The summed E-state index contributed by atoms with van der Waals surface area (Å²) in [5, 5.41) is 0.764. The lowest BCUT2D eigenvalue weighted by Gasteiger charge is -2.46. The molecule has 2 aromatic carbocycles. The zero-order valence-corrected chi connectivity index (χ0v) is 25.4. The molecule has 1 unspecified atom stereocenters. The zero-order valence-electron chi connectivity index (χ0n) is 23.8. The van der Waals surface area contributed by atoms with Crippen molar-refractivity contribution in [3.05, 3.63) is 70.3 Å². The van der Waals surface area contributed by atoms with Gasteiger partial charge in [-0.05, 0) is 91.8 Å². The van der Waals surface area contributed by atoms with Crippen LogP contribution in [0.2, 0.25) is 5.02 Å². The van der Waals surface area contributed by atoms with Crippen LogP contribution in [0.15, 0.2) is 52.9 Å². The summed E-state index contributed by atoms with van der Waals surface area (Å²) in [4.78, 5) is 15.6. The van der Waals surface area contributed by atoms with Gasteiger partial charge in [0.25, 0.3) is 5.91 Å². The third-order valence-electron chi connectivity index (χ3n) is 9.53. The minimum absolute atomic E-state index is 0.0279. The number of fused-ring (bicyclic) bond motifs is 4. The molecule has 2 aromatic rings. The monoisotopic (exact) mass is 598 g/mol. The molecule has 6 rings (SSSR count). The Bertz CT molecular complexity index is 1420. The normalized spacial score (nSPS) is 32.9. The SMILES string of the molecule is CO[C@H]1/C=C/[C@H](OC)CC/[SH](=O)=N\C(=O)c2ccc3c(c2)N(C[C@@H]2CC[C@H]21)C[C@@]1(CCCc2cc(Cl)ccc21)CO3. The van der Waals surface area contributed by atoms with Gasteiger partial charge in [-0.25, -0.2) is 0 Å². The number of thiol groups is 1. The van der Waals surface area contributed by atoms with Gasteiger partial charge >= 0.3 is 0 Å². The summed E-state index contributed by atoms with van der Waals surface area (Å²) in [5.41, 5.74) is 3.75. The lowest BCUT2D eigenvalue weighted by atomic mass is 9.68. The molecular formula is C32H39ClN2O5S. The van der Waals surface area contributed by atoms with Crippen LogP contribution in [-0.4, -0.2) is 62.0 Å². The molecule has 1 spiro atoms. The fourth-order valence-corrected chi connectivity index (χ4v) is 8.24. The van der Waals surface area contributed by atoms with Crippen LogP contribution in [-0.2, 0) is 31.9 Å². The lowest BCUT2D eigenvalue weighted by molar-refractivity contribution is 0.0124. The van der Waals surface area contributed by atoms with Crippen LogP contribution in [0.3, 0.4) is 0 Å². The van der Waals surface area contributed by atoms with E-state index < -0.39 is 16.5 Å². The largest absolute Gasteiger partial charge is 0.490 e. The van der Waals surface area contributed by atoms with E-state index in [9.17, 15) is 9.00 Å². The van der Waals surface area contributed by atoms with Gasteiger partial charge < -0.3 is 19.1 Å². The highest BCUT2D eigenvalue weighted by atomic mass is 35.5. The molecule has 1 fully saturated rings. The number of amides is 1. The molecule has 2 bridgehead atoms. The van der Waals surface area contributed by atoms with Crippen LogP contribution in [0.25, 0.3) is 0 Å². The number of nitrogens with zero attached hydrogens (tertiary/aromatic N) is 2. The molecule has 4 aliphatic rings. The summed E-state index contributed by atoms with van der Waals surface area (Å²) >= 11 is 6.41. The number of methoxy groups -OCH3 is 2. The Morgan fingerprint density at radius 3 is 2.76 bits per heavy atom. The summed E-state index contributed by atoms with van der Waals surface area (Å²) in [6.45, 7) is 2.17. The average Bonchev–Trinajstić information content (AvgIpc) is 3.10. The minimum Gasteiger partial charge on any atom is -0.490 e. The highest BCUT2D eigenvalue weighted by molar-refractivity contribution is 7.75. The maximum Gasteiger partial charge on any atom is 0.284 e. The molecule has 2 aliphatic carbocycles. The number of halogens is 1. The van der Waals surface area contributed by atoms with E-state index in [0.717, 1.165) is 61.7 Å². The van der Waals surface area contributed by atoms with Crippen molar-refractivity contribution in [1.29, 1.82) is 0 Å². The van der Waals surface area contributed by atoms with Gasteiger partial charge in [0.05, 0.1) is 24.5 Å². The van der Waals surface area contributed by atoms with E-state index in [-0.39, 0.29) is 23.4 Å². The van der Waals surface area contributed by atoms with Gasteiger partial charge in [0, 0.05) is 59.7 Å². The fraction of sp³-hybridized carbons (Fsp3) is 0.531. The van der Waals surface area contributed by atoms with E-state index in [1.54, 1.807) is 20.3 Å². The van der Waals surface area contributed by atoms with Crippen LogP contribution in [0, 0.1) is 11.8 Å². The zero-order chi connectivity index (χ0) is 28.6. The molecule has 2 heterocycles. The predicted molar refractivity (Wildman–Crippen MR) is 163 cm³/mol.